The first kappa shape index (κ1) is 8.24. The van der Waals surface area contributed by atoms with Gasteiger partial charge in [-0.25, -0.2) is 0 Å². The van der Waals surface area contributed by atoms with E-state index in [0.29, 0.717) is 0 Å². The van der Waals surface area contributed by atoms with Crippen LogP contribution in [0.15, 0.2) is 57.9 Å². The van der Waals surface area contributed by atoms with Gasteiger partial charge in [-0.3, -0.25) is 4.79 Å². The molecule has 0 amide bonds. The fraction of sp³-hybridized carbons (Fsp3) is 0. The highest BCUT2D eigenvalue weighted by Gasteiger charge is 1.99. The molecule has 0 saturated carbocycles. The van der Waals surface area contributed by atoms with Crippen LogP contribution >= 0.6 is 0 Å². The summed E-state index contributed by atoms with van der Waals surface area (Å²) in [6.45, 7) is 0. The lowest BCUT2D eigenvalue weighted by molar-refractivity contribution is 0.604. The van der Waals surface area contributed by atoms with Crippen molar-refractivity contribution in [2.45, 2.75) is 0 Å². The normalized spacial score (nSPS) is 10.9. The second kappa shape index (κ2) is 2.95. The van der Waals surface area contributed by atoms with Gasteiger partial charge in [0.25, 0.3) is 0 Å². The summed E-state index contributed by atoms with van der Waals surface area (Å²) < 4.78 is 5.36. The van der Waals surface area contributed by atoms with E-state index in [0.717, 1.165) is 21.7 Å². The molecule has 0 spiro atoms. The summed E-state index contributed by atoms with van der Waals surface area (Å²) in [5.41, 5.74) is 0.827. The van der Waals surface area contributed by atoms with Crippen LogP contribution in [0.5, 0.6) is 0 Å². The van der Waals surface area contributed by atoms with Crippen molar-refractivity contribution in [2.75, 3.05) is 0 Å². The van der Waals surface area contributed by atoms with E-state index < -0.39 is 0 Å². The Bertz CT molecular complexity index is 695. The van der Waals surface area contributed by atoms with Crippen molar-refractivity contribution in [1.82, 2.24) is 0 Å². The van der Waals surface area contributed by atoms with Gasteiger partial charge in [0.15, 0.2) is 5.43 Å². The number of fused-ring (bicyclic) bond motifs is 2. The molecule has 0 N–H and O–H groups in total. The van der Waals surface area contributed by atoms with Gasteiger partial charge in [-0.1, -0.05) is 6.07 Å². The van der Waals surface area contributed by atoms with Crippen LogP contribution in [0.1, 0.15) is 0 Å². The zero-order valence-electron chi connectivity index (χ0n) is 7.94. The van der Waals surface area contributed by atoms with Crippen molar-refractivity contribution >= 4 is 21.7 Å². The summed E-state index contributed by atoms with van der Waals surface area (Å²) in [4.78, 5) is 11.2. The van der Waals surface area contributed by atoms with Gasteiger partial charge in [0.1, 0.15) is 5.58 Å². The van der Waals surface area contributed by atoms with Crippen molar-refractivity contribution in [1.29, 1.82) is 0 Å². The minimum Gasteiger partial charge on any atom is -0.464 e. The zero-order chi connectivity index (χ0) is 10.3. The predicted octanol–water partition coefficient (Wildman–Crippen LogP) is 2.95. The van der Waals surface area contributed by atoms with Crippen molar-refractivity contribution in [3.63, 3.8) is 0 Å². The summed E-state index contributed by atoms with van der Waals surface area (Å²) in [7, 11) is 0. The minimum absolute atomic E-state index is 0.0257. The lowest BCUT2D eigenvalue weighted by Gasteiger charge is -1.99. The van der Waals surface area contributed by atoms with Crippen LogP contribution in [0.25, 0.3) is 21.7 Å². The van der Waals surface area contributed by atoms with Crippen LogP contribution in [0.4, 0.5) is 0 Å². The third-order valence-electron chi connectivity index (χ3n) is 2.49. The third kappa shape index (κ3) is 1.31. The number of benzene rings is 2. The molecule has 0 aliphatic carbocycles. The first-order chi connectivity index (χ1) is 7.33. The van der Waals surface area contributed by atoms with Crippen LogP contribution in [0.3, 0.4) is 0 Å². The Morgan fingerprint density at radius 1 is 0.867 bits per heavy atom. The van der Waals surface area contributed by atoms with Gasteiger partial charge in [0.2, 0.25) is 0 Å². The fourth-order valence-electron chi connectivity index (χ4n) is 1.76. The molecule has 0 saturated heterocycles. The molecule has 1 aromatic heterocycles. The van der Waals surface area contributed by atoms with Crippen LogP contribution in [0, 0.1) is 0 Å². The smallest absolute Gasteiger partial charge is 0.179 e. The Morgan fingerprint density at radius 2 is 1.80 bits per heavy atom. The number of rotatable bonds is 0. The van der Waals surface area contributed by atoms with Gasteiger partial charge in [0.05, 0.1) is 6.26 Å². The Morgan fingerprint density at radius 3 is 2.73 bits per heavy atom. The lowest BCUT2D eigenvalue weighted by atomic mass is 10.1. The molecule has 2 nitrogen and oxygen atoms in total. The van der Waals surface area contributed by atoms with E-state index in [2.05, 4.69) is 0 Å². The van der Waals surface area contributed by atoms with Crippen molar-refractivity contribution in [3.8, 4) is 0 Å². The van der Waals surface area contributed by atoms with Crippen LogP contribution in [0.2, 0.25) is 0 Å². The van der Waals surface area contributed by atoms with Gasteiger partial charge in [0, 0.05) is 5.39 Å². The molecule has 0 aliphatic rings. The van der Waals surface area contributed by atoms with E-state index in [-0.39, 0.29) is 5.43 Å². The van der Waals surface area contributed by atoms with Crippen LogP contribution < -0.4 is 5.43 Å². The third-order valence-corrected chi connectivity index (χ3v) is 2.49. The molecule has 1 heterocycles. The molecule has 2 aromatic carbocycles. The second-order valence-electron chi connectivity index (χ2n) is 3.51. The van der Waals surface area contributed by atoms with E-state index in [1.54, 1.807) is 18.4 Å². The summed E-state index contributed by atoms with van der Waals surface area (Å²) in [6, 6.07) is 12.8. The van der Waals surface area contributed by atoms with Gasteiger partial charge in [-0.05, 0) is 47.2 Å². The summed E-state index contributed by atoms with van der Waals surface area (Å²) in [5, 5.41) is 3.03. The molecule has 72 valence electrons. The fourth-order valence-corrected chi connectivity index (χ4v) is 1.76. The van der Waals surface area contributed by atoms with E-state index in [1.165, 1.54) is 0 Å². The van der Waals surface area contributed by atoms with E-state index in [4.69, 9.17) is 4.42 Å². The molecule has 3 rings (SSSR count). The molecular formula is C13H8O2. The highest BCUT2D eigenvalue weighted by Crippen LogP contribution is 2.21. The molecule has 2 heteroatoms. The Hall–Kier alpha value is -2.09. The first-order valence-electron chi connectivity index (χ1n) is 4.74. The van der Waals surface area contributed by atoms with E-state index >= 15 is 0 Å². The summed E-state index contributed by atoms with van der Waals surface area (Å²) in [5.74, 6) is 0. The SMILES string of the molecule is O=c1ccc2cc3cccoc3cc2c1. The van der Waals surface area contributed by atoms with E-state index in [9.17, 15) is 4.79 Å². The average Bonchev–Trinajstić information content (AvgIpc) is 2.26. The van der Waals surface area contributed by atoms with Gasteiger partial charge in [-0.15, -0.1) is 0 Å². The highest BCUT2D eigenvalue weighted by atomic mass is 16.3. The van der Waals surface area contributed by atoms with Gasteiger partial charge >= 0.3 is 0 Å². The molecule has 3 aromatic rings. The molecule has 0 fully saturated rings. The first-order valence-corrected chi connectivity index (χ1v) is 4.74. The Kier molecular flexibility index (Phi) is 1.62. The van der Waals surface area contributed by atoms with E-state index in [1.807, 2.05) is 30.3 Å². The topological polar surface area (TPSA) is 30.2 Å². The lowest BCUT2D eigenvalue weighted by Crippen LogP contribution is -1.93. The Balaban J connectivity index is 2.53. The quantitative estimate of drug-likeness (QED) is 0.517. The molecule has 0 aliphatic heterocycles. The summed E-state index contributed by atoms with van der Waals surface area (Å²) >= 11 is 0. The molecule has 0 unspecified atom stereocenters. The second-order valence-corrected chi connectivity index (χ2v) is 3.51. The maximum atomic E-state index is 11.2. The molecular weight excluding hydrogens is 188 g/mol. The monoisotopic (exact) mass is 196 g/mol. The standard InChI is InChI=1S/C13H8O2/c14-12-4-3-9-6-10-2-1-5-15-13(10)8-11(9)7-12/h1-8H. The summed E-state index contributed by atoms with van der Waals surface area (Å²) in [6.07, 6.45) is 1.63. The average molecular weight is 196 g/mol. The van der Waals surface area contributed by atoms with Gasteiger partial charge in [-0.2, -0.15) is 0 Å². The van der Waals surface area contributed by atoms with Gasteiger partial charge < -0.3 is 4.42 Å². The number of hydrogen-bond acceptors (Lipinski definition) is 2. The van der Waals surface area contributed by atoms with Crippen molar-refractivity contribution in [3.05, 3.63) is 59.0 Å². The van der Waals surface area contributed by atoms with Crippen LogP contribution in [-0.2, 0) is 0 Å². The largest absolute Gasteiger partial charge is 0.464 e. The highest BCUT2D eigenvalue weighted by molar-refractivity contribution is 5.95. The van der Waals surface area contributed by atoms with Crippen molar-refractivity contribution in [2.24, 2.45) is 0 Å². The maximum absolute atomic E-state index is 11.2. The maximum Gasteiger partial charge on any atom is 0.179 e. The zero-order valence-corrected chi connectivity index (χ0v) is 7.94. The molecule has 0 atom stereocenters. The number of hydrogen-bond donors (Lipinski definition) is 0. The minimum atomic E-state index is 0.0257. The molecule has 15 heavy (non-hydrogen) atoms. The Labute approximate surface area is 85.8 Å². The molecule has 0 radical (unpaired) electrons. The van der Waals surface area contributed by atoms with Crippen molar-refractivity contribution < 1.29 is 4.42 Å². The molecule has 0 bridgehead atoms. The van der Waals surface area contributed by atoms with Crippen LogP contribution in [-0.4, -0.2) is 0 Å². The predicted molar refractivity (Wildman–Crippen MR) is 60.0 cm³/mol.